The summed E-state index contributed by atoms with van der Waals surface area (Å²) in [6.45, 7) is 1.16. The van der Waals surface area contributed by atoms with Crippen LogP contribution in [0.25, 0.3) is 10.9 Å². The fourth-order valence-electron chi connectivity index (χ4n) is 2.50. The molecule has 0 radical (unpaired) electrons. The molecule has 3 heteroatoms. The first-order valence-electron chi connectivity index (χ1n) is 5.74. The van der Waals surface area contributed by atoms with E-state index in [2.05, 4.69) is 40.8 Å². The molecule has 0 bridgehead atoms. The zero-order chi connectivity index (χ0) is 10.1. The SMILES string of the molecule is Cl.c1ccc2c([C@H]3CCCCN3)c[nH]c2c1. The lowest BCUT2D eigenvalue weighted by Gasteiger charge is -2.23. The number of halogens is 1. The minimum absolute atomic E-state index is 0. The van der Waals surface area contributed by atoms with Crippen molar-refractivity contribution >= 4 is 23.3 Å². The molecule has 1 atom stereocenters. The lowest BCUT2D eigenvalue weighted by Crippen LogP contribution is -2.26. The van der Waals surface area contributed by atoms with Crippen molar-refractivity contribution < 1.29 is 0 Å². The molecule has 0 spiro atoms. The van der Waals surface area contributed by atoms with E-state index < -0.39 is 0 Å². The van der Waals surface area contributed by atoms with Crippen molar-refractivity contribution in [2.24, 2.45) is 0 Å². The normalized spacial score (nSPS) is 20.6. The Kier molecular flexibility index (Phi) is 3.52. The van der Waals surface area contributed by atoms with Gasteiger partial charge in [-0.05, 0) is 31.0 Å². The van der Waals surface area contributed by atoms with E-state index in [1.807, 2.05) is 0 Å². The number of aromatic nitrogens is 1. The van der Waals surface area contributed by atoms with Gasteiger partial charge in [0.1, 0.15) is 0 Å². The van der Waals surface area contributed by atoms with Crippen LogP contribution < -0.4 is 5.32 Å². The van der Waals surface area contributed by atoms with Crippen molar-refractivity contribution in [1.82, 2.24) is 10.3 Å². The minimum atomic E-state index is 0. The molecule has 0 amide bonds. The summed E-state index contributed by atoms with van der Waals surface area (Å²) in [5.41, 5.74) is 2.69. The predicted octanol–water partition coefficient (Wildman–Crippen LogP) is 3.40. The molecule has 1 aromatic carbocycles. The Hall–Kier alpha value is -0.990. The number of fused-ring (bicyclic) bond motifs is 1. The Morgan fingerprint density at radius 2 is 2.00 bits per heavy atom. The summed E-state index contributed by atoms with van der Waals surface area (Å²) in [6, 6.07) is 9.09. The van der Waals surface area contributed by atoms with Crippen LogP contribution in [0.15, 0.2) is 30.5 Å². The van der Waals surface area contributed by atoms with Crippen LogP contribution in [0.2, 0.25) is 0 Å². The number of piperidine rings is 1. The second-order valence-electron chi connectivity index (χ2n) is 4.29. The van der Waals surface area contributed by atoms with E-state index in [1.54, 1.807) is 0 Å². The average molecular weight is 237 g/mol. The van der Waals surface area contributed by atoms with E-state index in [-0.39, 0.29) is 12.4 Å². The molecule has 3 rings (SSSR count). The van der Waals surface area contributed by atoms with Gasteiger partial charge in [0.15, 0.2) is 0 Å². The lowest BCUT2D eigenvalue weighted by atomic mass is 9.97. The number of hydrogen-bond donors (Lipinski definition) is 2. The predicted molar refractivity (Wildman–Crippen MR) is 70.1 cm³/mol. The van der Waals surface area contributed by atoms with Gasteiger partial charge in [0.05, 0.1) is 0 Å². The van der Waals surface area contributed by atoms with Gasteiger partial charge in [-0.25, -0.2) is 0 Å². The molecule has 86 valence electrons. The van der Waals surface area contributed by atoms with Gasteiger partial charge in [-0.1, -0.05) is 24.6 Å². The Morgan fingerprint density at radius 1 is 1.12 bits per heavy atom. The van der Waals surface area contributed by atoms with E-state index in [4.69, 9.17) is 0 Å². The molecule has 1 fully saturated rings. The third-order valence-electron chi connectivity index (χ3n) is 3.31. The highest BCUT2D eigenvalue weighted by molar-refractivity contribution is 5.85. The molecule has 2 nitrogen and oxygen atoms in total. The van der Waals surface area contributed by atoms with Crippen molar-refractivity contribution in [3.05, 3.63) is 36.0 Å². The first-order chi connectivity index (χ1) is 7.45. The van der Waals surface area contributed by atoms with Crippen LogP contribution in [0.1, 0.15) is 30.9 Å². The first-order valence-corrected chi connectivity index (χ1v) is 5.74. The number of para-hydroxylation sites is 1. The zero-order valence-corrected chi connectivity index (χ0v) is 10.0. The maximum atomic E-state index is 3.59. The molecule has 2 aromatic rings. The molecule has 16 heavy (non-hydrogen) atoms. The highest BCUT2D eigenvalue weighted by Gasteiger charge is 2.17. The molecule has 2 heterocycles. The van der Waals surface area contributed by atoms with Gasteiger partial charge in [-0.2, -0.15) is 0 Å². The molecule has 0 unspecified atom stereocenters. The van der Waals surface area contributed by atoms with Crippen LogP contribution in [0.4, 0.5) is 0 Å². The smallest absolute Gasteiger partial charge is 0.0457 e. The molecule has 0 aliphatic carbocycles. The Labute approximate surface area is 102 Å². The summed E-state index contributed by atoms with van der Waals surface area (Å²) in [5, 5.41) is 4.97. The summed E-state index contributed by atoms with van der Waals surface area (Å²) in [4.78, 5) is 3.35. The monoisotopic (exact) mass is 236 g/mol. The molecule has 2 N–H and O–H groups in total. The van der Waals surface area contributed by atoms with Gasteiger partial charge < -0.3 is 10.3 Å². The number of H-pyrrole nitrogens is 1. The van der Waals surface area contributed by atoms with Crippen molar-refractivity contribution in [2.75, 3.05) is 6.54 Å². The van der Waals surface area contributed by atoms with Gasteiger partial charge in [-0.15, -0.1) is 12.4 Å². The lowest BCUT2D eigenvalue weighted by molar-refractivity contribution is 0.414. The standard InChI is InChI=1S/C13H16N2.ClH/c1-2-6-12-10(5-1)11(9-15-12)13-7-3-4-8-14-13;/h1-2,5-6,9,13-15H,3-4,7-8H2;1H/t13-;/m1./s1. The van der Waals surface area contributed by atoms with Gasteiger partial charge in [0.2, 0.25) is 0 Å². The first kappa shape index (κ1) is 11.5. The molecular weight excluding hydrogens is 220 g/mol. The van der Waals surface area contributed by atoms with Crippen LogP contribution in [0.3, 0.4) is 0 Å². The van der Waals surface area contributed by atoms with Crippen molar-refractivity contribution in [3.63, 3.8) is 0 Å². The van der Waals surface area contributed by atoms with Gasteiger partial charge in [-0.3, -0.25) is 0 Å². The van der Waals surface area contributed by atoms with E-state index >= 15 is 0 Å². The van der Waals surface area contributed by atoms with Gasteiger partial charge in [0, 0.05) is 23.1 Å². The van der Waals surface area contributed by atoms with Crippen molar-refractivity contribution in [3.8, 4) is 0 Å². The molecule has 0 saturated carbocycles. The third-order valence-corrected chi connectivity index (χ3v) is 3.31. The summed E-state index contributed by atoms with van der Waals surface area (Å²) < 4.78 is 0. The fraction of sp³-hybridized carbons (Fsp3) is 0.385. The molecule has 1 aromatic heterocycles. The van der Waals surface area contributed by atoms with Crippen LogP contribution in [-0.4, -0.2) is 11.5 Å². The third kappa shape index (κ3) is 1.95. The van der Waals surface area contributed by atoms with E-state index in [9.17, 15) is 0 Å². The molecule has 1 aliphatic rings. The highest BCUT2D eigenvalue weighted by Crippen LogP contribution is 2.28. The number of hydrogen-bond acceptors (Lipinski definition) is 1. The number of nitrogens with one attached hydrogen (secondary N) is 2. The van der Waals surface area contributed by atoms with Crippen molar-refractivity contribution in [2.45, 2.75) is 25.3 Å². The zero-order valence-electron chi connectivity index (χ0n) is 9.20. The summed E-state index contributed by atoms with van der Waals surface area (Å²) in [6.07, 6.45) is 6.09. The maximum absolute atomic E-state index is 3.59. The average Bonchev–Trinajstić information content (AvgIpc) is 2.74. The fourth-order valence-corrected chi connectivity index (χ4v) is 2.50. The Morgan fingerprint density at radius 3 is 2.81 bits per heavy atom. The Bertz CT molecular complexity index is 458. The van der Waals surface area contributed by atoms with Crippen LogP contribution in [0, 0.1) is 0 Å². The van der Waals surface area contributed by atoms with Crippen LogP contribution >= 0.6 is 12.4 Å². The number of rotatable bonds is 1. The topological polar surface area (TPSA) is 27.8 Å². The summed E-state index contributed by atoms with van der Waals surface area (Å²) in [5.74, 6) is 0. The summed E-state index contributed by atoms with van der Waals surface area (Å²) in [7, 11) is 0. The Balaban J connectivity index is 0.000000963. The molecule has 1 saturated heterocycles. The minimum Gasteiger partial charge on any atom is -0.361 e. The molecule has 1 aliphatic heterocycles. The van der Waals surface area contributed by atoms with Gasteiger partial charge >= 0.3 is 0 Å². The van der Waals surface area contributed by atoms with E-state index in [0.29, 0.717) is 6.04 Å². The van der Waals surface area contributed by atoms with E-state index in [0.717, 1.165) is 6.54 Å². The quantitative estimate of drug-likeness (QED) is 0.781. The van der Waals surface area contributed by atoms with Crippen LogP contribution in [0.5, 0.6) is 0 Å². The molecular formula is C13H17ClN2. The van der Waals surface area contributed by atoms with Gasteiger partial charge in [0.25, 0.3) is 0 Å². The number of aromatic amines is 1. The number of benzene rings is 1. The van der Waals surface area contributed by atoms with Crippen molar-refractivity contribution in [1.29, 1.82) is 0 Å². The van der Waals surface area contributed by atoms with Crippen LogP contribution in [-0.2, 0) is 0 Å². The maximum Gasteiger partial charge on any atom is 0.0457 e. The largest absolute Gasteiger partial charge is 0.361 e. The summed E-state index contributed by atoms with van der Waals surface area (Å²) >= 11 is 0. The van der Waals surface area contributed by atoms with E-state index in [1.165, 1.54) is 35.7 Å². The second-order valence-corrected chi connectivity index (χ2v) is 4.29. The second kappa shape index (κ2) is 4.89. The highest BCUT2D eigenvalue weighted by atomic mass is 35.5.